The Hall–Kier alpha value is -6.03. The van der Waals surface area contributed by atoms with Gasteiger partial charge < -0.3 is 40.2 Å². The van der Waals surface area contributed by atoms with Crippen molar-refractivity contribution in [2.24, 2.45) is 16.2 Å². The predicted octanol–water partition coefficient (Wildman–Crippen LogP) is 7.61. The summed E-state index contributed by atoms with van der Waals surface area (Å²) < 4.78 is 58.3. The molecule has 1 saturated heterocycles. The van der Waals surface area contributed by atoms with Crippen LogP contribution >= 0.6 is 11.3 Å². The van der Waals surface area contributed by atoms with Crippen LogP contribution in [-0.2, 0) is 31.8 Å². The number of halogens is 3. The molecule has 2 heterocycles. The number of aromatic nitrogens is 1. The smallest absolute Gasteiger partial charge is 0.417 e. The van der Waals surface area contributed by atoms with Crippen LogP contribution in [0.4, 0.5) is 13.2 Å². The van der Waals surface area contributed by atoms with Gasteiger partial charge in [-0.2, -0.15) is 18.4 Å². The lowest BCUT2D eigenvalue weighted by molar-refractivity contribution is -0.164. The average Bonchev–Trinajstić information content (AvgIpc) is 3.92. The van der Waals surface area contributed by atoms with Gasteiger partial charge in [-0.15, -0.1) is 11.3 Å². The molecule has 1 aromatic heterocycles. The topological polar surface area (TPSA) is 192 Å². The first-order valence-corrected chi connectivity index (χ1v) is 23.7. The number of aliphatic hydroxyl groups is 1. The summed E-state index contributed by atoms with van der Waals surface area (Å²) in [5, 5.41) is 28.5. The van der Waals surface area contributed by atoms with E-state index in [4.69, 9.17) is 19.5 Å². The number of benzene rings is 3. The Labute approximate surface area is 404 Å². The molecule has 69 heavy (non-hydrogen) atoms. The van der Waals surface area contributed by atoms with E-state index in [0.29, 0.717) is 30.8 Å². The minimum atomic E-state index is -4.72. The number of likely N-dealkylation sites (tertiary alicyclic amines) is 1. The van der Waals surface area contributed by atoms with Crippen molar-refractivity contribution in [3.05, 3.63) is 100 Å². The third-order valence-electron chi connectivity index (χ3n) is 12.8. The lowest BCUT2D eigenvalue weighted by atomic mass is 9.49. The summed E-state index contributed by atoms with van der Waals surface area (Å²) in [6.07, 6.45) is -4.92. The number of hydrogen-bond acceptors (Lipinski definition) is 11. The van der Waals surface area contributed by atoms with Crippen molar-refractivity contribution in [3.8, 4) is 28.0 Å². The average molecular weight is 975 g/mol. The van der Waals surface area contributed by atoms with Crippen molar-refractivity contribution in [3.63, 3.8) is 0 Å². The Morgan fingerprint density at radius 1 is 0.957 bits per heavy atom. The normalized spacial score (nSPS) is 20.0. The fourth-order valence-corrected chi connectivity index (χ4v) is 10.2. The number of nitrogens with one attached hydrogen (secondary N) is 3. The van der Waals surface area contributed by atoms with E-state index in [1.807, 2.05) is 79.7 Å². The van der Waals surface area contributed by atoms with Gasteiger partial charge in [0.2, 0.25) is 17.7 Å². The minimum absolute atomic E-state index is 0.0141. The number of thiazole rings is 1. The molecule has 2 aliphatic rings. The molecule has 3 atom stereocenters. The molecule has 2 fully saturated rings. The highest BCUT2D eigenvalue weighted by molar-refractivity contribution is 7.13. The number of amides is 4. The van der Waals surface area contributed by atoms with Gasteiger partial charge in [-0.3, -0.25) is 19.2 Å². The Balaban J connectivity index is 0.903. The van der Waals surface area contributed by atoms with Crippen molar-refractivity contribution in [1.29, 1.82) is 5.26 Å². The highest BCUT2D eigenvalue weighted by atomic mass is 32.1. The lowest BCUT2D eigenvalue weighted by Gasteiger charge is -2.63. The molecule has 370 valence electrons. The summed E-state index contributed by atoms with van der Waals surface area (Å²) in [4.78, 5) is 60.5. The second kappa shape index (κ2) is 21.3. The summed E-state index contributed by atoms with van der Waals surface area (Å²) in [5.74, 6) is -1.16. The Bertz CT molecular complexity index is 2500. The quantitative estimate of drug-likeness (QED) is 0.0722. The van der Waals surface area contributed by atoms with Crippen LogP contribution in [0.2, 0.25) is 0 Å². The van der Waals surface area contributed by atoms with E-state index in [0.717, 1.165) is 33.8 Å². The molecular weight excluding hydrogens is 914 g/mol. The monoisotopic (exact) mass is 974 g/mol. The van der Waals surface area contributed by atoms with Gasteiger partial charge in [0, 0.05) is 48.6 Å². The zero-order valence-electron chi connectivity index (χ0n) is 40.2. The van der Waals surface area contributed by atoms with Gasteiger partial charge in [-0.05, 0) is 78.8 Å². The maximum atomic E-state index is 14.0. The number of alkyl halides is 3. The third kappa shape index (κ3) is 12.4. The van der Waals surface area contributed by atoms with E-state index in [-0.39, 0.29) is 50.4 Å². The molecule has 14 nitrogen and oxygen atoms in total. The second-order valence-corrected chi connectivity index (χ2v) is 20.8. The van der Waals surface area contributed by atoms with E-state index in [2.05, 4.69) is 20.9 Å². The Morgan fingerprint density at radius 2 is 1.61 bits per heavy atom. The molecule has 4 aromatic rings. The summed E-state index contributed by atoms with van der Waals surface area (Å²) in [5.41, 5.74) is 1.45. The van der Waals surface area contributed by atoms with Gasteiger partial charge in [0.25, 0.3) is 5.91 Å². The van der Waals surface area contributed by atoms with Crippen LogP contribution in [0.3, 0.4) is 0 Å². The number of unbranched alkanes of at least 4 members (excludes halogenated alkanes) is 1. The number of aryl methyl sites for hydroxylation is 1. The van der Waals surface area contributed by atoms with Crippen molar-refractivity contribution < 1.29 is 51.7 Å². The van der Waals surface area contributed by atoms with E-state index >= 15 is 0 Å². The van der Waals surface area contributed by atoms with Crippen LogP contribution in [0.1, 0.15) is 100 Å². The van der Waals surface area contributed by atoms with Crippen LogP contribution in [0.5, 0.6) is 11.5 Å². The summed E-state index contributed by atoms with van der Waals surface area (Å²) >= 11 is 1.56. The lowest BCUT2D eigenvalue weighted by Crippen LogP contribution is -2.74. The number of ether oxygens (including phenoxy) is 3. The maximum absolute atomic E-state index is 14.0. The van der Waals surface area contributed by atoms with E-state index in [9.17, 15) is 37.5 Å². The molecule has 1 unspecified atom stereocenters. The van der Waals surface area contributed by atoms with Gasteiger partial charge in [0.15, 0.2) is 0 Å². The number of β-amino-alcohol motifs (C(OH)–C–C–N with tert-alkyl or cyclic N) is 1. The highest BCUT2D eigenvalue weighted by Crippen LogP contribution is 2.56. The molecule has 4 N–H and O–H groups in total. The Morgan fingerprint density at radius 3 is 2.22 bits per heavy atom. The zero-order chi connectivity index (χ0) is 50.5. The molecule has 1 aliphatic heterocycles. The largest absolute Gasteiger partial charge is 0.494 e. The number of nitrogens with zero attached hydrogens (tertiary/aromatic N) is 3. The van der Waals surface area contributed by atoms with Gasteiger partial charge in [-0.1, -0.05) is 72.7 Å². The first-order valence-electron chi connectivity index (χ1n) is 22.9. The van der Waals surface area contributed by atoms with E-state index in [1.54, 1.807) is 47.2 Å². The van der Waals surface area contributed by atoms with Crippen molar-refractivity contribution in [2.75, 3.05) is 26.4 Å². The van der Waals surface area contributed by atoms with Gasteiger partial charge in [0.05, 0.1) is 46.0 Å². The molecule has 3 aromatic carbocycles. The highest BCUT2D eigenvalue weighted by Gasteiger charge is 2.64. The fraction of sp³-hybridized carbons (Fsp3) is 0.490. The van der Waals surface area contributed by atoms with Crippen molar-refractivity contribution >= 4 is 35.0 Å². The Kier molecular flexibility index (Phi) is 16.2. The molecule has 1 saturated carbocycles. The van der Waals surface area contributed by atoms with E-state index < -0.39 is 75.6 Å². The molecule has 0 bridgehead atoms. The molecule has 18 heteroatoms. The number of hydrogen-bond donors (Lipinski definition) is 4. The molecular formula is C51H61F3N6O8S. The van der Waals surface area contributed by atoms with Crippen LogP contribution in [0.15, 0.2) is 72.2 Å². The van der Waals surface area contributed by atoms with Crippen LogP contribution < -0.4 is 25.4 Å². The molecule has 0 radical (unpaired) electrons. The number of rotatable bonds is 18. The fourth-order valence-electron chi connectivity index (χ4n) is 9.43. The summed E-state index contributed by atoms with van der Waals surface area (Å²) in [6.45, 7) is 15.4. The van der Waals surface area contributed by atoms with Crippen LogP contribution in [-0.4, -0.2) is 95.3 Å². The molecule has 1 aliphatic carbocycles. The van der Waals surface area contributed by atoms with Crippen molar-refractivity contribution in [1.82, 2.24) is 25.8 Å². The van der Waals surface area contributed by atoms with Gasteiger partial charge in [-0.25, -0.2) is 4.98 Å². The first-order chi connectivity index (χ1) is 32.4. The van der Waals surface area contributed by atoms with Crippen LogP contribution in [0, 0.1) is 34.5 Å². The van der Waals surface area contributed by atoms with Crippen LogP contribution in [0.25, 0.3) is 10.4 Å². The number of carbonyl (C=O) groups excluding carboxylic acids is 4. The predicted molar refractivity (Wildman–Crippen MR) is 253 cm³/mol. The standard InChI is InChI=1S/C51H61F3N6O8S/c1-30-41(69-29-57-30)32-13-11-31(12-14-32)26-56-44(64)39-23-35(61)27-60(39)45(65)42(48(2,3)4)58-40(62)28-66-21-9-10-22-67-36-18-15-33(16-19-36)43(63)59-46-49(5,6)47(50(46,7)8)68-37-20-17-34(25-55)38(24-37)51(52,53)54/h11-20,24,29,35,39,42,46-47,61H,9-10,21-23,26-28H2,1-8H3,(H,56,64)(H,58,62)(H,59,63)/t35-,39+,42?,46-,47-/m1/s1. The zero-order valence-corrected chi connectivity index (χ0v) is 41.0. The molecule has 4 amide bonds. The molecule has 0 spiro atoms. The molecule has 6 rings (SSSR count). The number of carbonyl (C=O) groups is 4. The summed E-state index contributed by atoms with van der Waals surface area (Å²) in [6, 6.07) is 17.0. The number of aliphatic hydroxyl groups excluding tert-OH is 1. The summed E-state index contributed by atoms with van der Waals surface area (Å²) in [7, 11) is 0. The number of nitriles is 1. The van der Waals surface area contributed by atoms with E-state index in [1.165, 1.54) is 11.0 Å². The SMILES string of the molecule is Cc1ncsc1-c1ccc(CNC(=O)[C@@H]2C[C@@H](O)CN2C(=O)C(NC(=O)COCCCCOc2ccc(C(=O)N[C@H]3C(C)(C)[C@H](Oc4ccc(C#N)c(C(F)(F)F)c4)C3(C)C)cc2)C(C)(C)C)cc1. The minimum Gasteiger partial charge on any atom is -0.494 e. The maximum Gasteiger partial charge on any atom is 0.417 e. The van der Waals surface area contributed by atoms with Gasteiger partial charge in [0.1, 0.15) is 36.3 Å². The third-order valence-corrected chi connectivity index (χ3v) is 13.8. The van der Waals surface area contributed by atoms with Crippen molar-refractivity contribution in [2.45, 2.75) is 118 Å². The first kappa shape index (κ1) is 52.3. The second-order valence-electron chi connectivity index (χ2n) is 19.9. The van der Waals surface area contributed by atoms with Gasteiger partial charge >= 0.3 is 6.18 Å².